The Balaban J connectivity index is 2.47. The van der Waals surface area contributed by atoms with Crippen molar-refractivity contribution in [1.29, 1.82) is 0 Å². The van der Waals surface area contributed by atoms with Crippen LogP contribution in [0.15, 0.2) is 0 Å². The van der Waals surface area contributed by atoms with E-state index < -0.39 is 0 Å². The quantitative estimate of drug-likeness (QED) is 0.0326. The lowest BCUT2D eigenvalue weighted by Crippen LogP contribution is -2.38. The van der Waals surface area contributed by atoms with E-state index in [1.165, 1.54) is 51.4 Å². The average molecular weight is 971 g/mol. The van der Waals surface area contributed by atoms with E-state index in [9.17, 15) is 14.4 Å². The van der Waals surface area contributed by atoms with Crippen LogP contribution in [-0.2, 0) is 52.3 Å². The number of hydrogen-bond acceptors (Lipinski definition) is 13. The maximum Gasteiger partial charge on any atom is 0.307 e. The molecule has 1 heterocycles. The van der Waals surface area contributed by atoms with Crippen molar-refractivity contribution in [3.05, 3.63) is 0 Å². The van der Waals surface area contributed by atoms with E-state index in [1.54, 1.807) is 0 Å². The second kappa shape index (κ2) is 50.1. The van der Waals surface area contributed by atoms with Crippen molar-refractivity contribution >= 4 is 17.9 Å². The highest BCUT2D eigenvalue weighted by Gasteiger charge is 2.18. The van der Waals surface area contributed by atoms with Crippen molar-refractivity contribution < 1.29 is 52.3 Å². The van der Waals surface area contributed by atoms with Crippen molar-refractivity contribution in [3.63, 3.8) is 0 Å². The van der Waals surface area contributed by atoms with E-state index in [-0.39, 0.29) is 30.1 Å². The summed E-state index contributed by atoms with van der Waals surface area (Å²) in [6.45, 7) is 20.1. The van der Waals surface area contributed by atoms with Gasteiger partial charge in [-0.3, -0.25) is 19.3 Å². The molecule has 0 aromatic rings. The van der Waals surface area contributed by atoms with Gasteiger partial charge >= 0.3 is 17.9 Å². The highest BCUT2D eigenvalue weighted by molar-refractivity contribution is 5.70. The molecule has 0 radical (unpaired) electrons. The fraction of sp³-hybridized carbons (Fsp3) is 0.945. The van der Waals surface area contributed by atoms with Crippen LogP contribution in [0, 0.1) is 0 Å². The third kappa shape index (κ3) is 43.0. The van der Waals surface area contributed by atoms with E-state index >= 15 is 0 Å². The second-order valence-corrected chi connectivity index (χ2v) is 19.1. The van der Waals surface area contributed by atoms with Crippen LogP contribution in [0.25, 0.3) is 0 Å². The number of rotatable bonds is 52. The zero-order chi connectivity index (χ0) is 49.2. The van der Waals surface area contributed by atoms with E-state index in [0.29, 0.717) is 85.3 Å². The first-order chi connectivity index (χ1) is 33.4. The van der Waals surface area contributed by atoms with Gasteiger partial charge in [0.1, 0.15) is 18.8 Å². The van der Waals surface area contributed by atoms with Gasteiger partial charge in [0, 0.05) is 65.4 Å². The van der Waals surface area contributed by atoms with Gasteiger partial charge in [-0.05, 0) is 64.5 Å². The largest absolute Gasteiger partial charge is 0.464 e. The Hall–Kier alpha value is -1.87. The molecular weight excluding hydrogens is 865 g/mol. The molecule has 0 spiro atoms. The molecular formula is C55H106N2O11. The molecule has 0 atom stereocenters. The third-order valence-corrected chi connectivity index (χ3v) is 12.5. The molecule has 0 aliphatic carbocycles. The Kier molecular flexibility index (Phi) is 47.2. The molecule has 1 rings (SSSR count). The molecule has 1 aliphatic heterocycles. The average Bonchev–Trinajstić information content (AvgIpc) is 3.34. The normalized spacial score (nSPS) is 13.3. The molecule has 68 heavy (non-hydrogen) atoms. The highest BCUT2D eigenvalue weighted by atomic mass is 16.6. The van der Waals surface area contributed by atoms with Gasteiger partial charge in [-0.2, -0.15) is 0 Å². The lowest BCUT2D eigenvalue weighted by atomic mass is 10.1. The number of carbonyl (C=O) groups excluding carboxylic acids is 3. The maximum atomic E-state index is 12.8. The van der Waals surface area contributed by atoms with Gasteiger partial charge in [0.15, 0.2) is 0 Å². The first-order valence-corrected chi connectivity index (χ1v) is 28.3. The van der Waals surface area contributed by atoms with Gasteiger partial charge in [0.2, 0.25) is 0 Å². The summed E-state index contributed by atoms with van der Waals surface area (Å²) < 4.78 is 46.3. The standard InChI is InChI=1S/C55H106N2O11/c1-5-9-13-27-40-62-47-51(48-63-41-28-14-10-6-2)67-54(59)31-23-19-17-21-25-34-56(36-33-53(58)66-46-39-57-37-44-61-45-38-57)35-26-22-18-20-24-32-55(60)68-52(49-64-42-29-15-11-7-3)50-65-43-30-16-12-8-4/h51-52H,5-50H2,1-4H3. The van der Waals surface area contributed by atoms with Crippen LogP contribution in [-0.4, -0.2) is 152 Å². The summed E-state index contributed by atoms with van der Waals surface area (Å²) in [6.07, 6.45) is 28.8. The smallest absolute Gasteiger partial charge is 0.307 e. The zero-order valence-corrected chi connectivity index (χ0v) is 44.6. The zero-order valence-electron chi connectivity index (χ0n) is 44.6. The van der Waals surface area contributed by atoms with Gasteiger partial charge in [-0.25, -0.2) is 0 Å². The van der Waals surface area contributed by atoms with Gasteiger partial charge in [-0.15, -0.1) is 0 Å². The number of esters is 3. The molecule has 0 N–H and O–H groups in total. The summed E-state index contributed by atoms with van der Waals surface area (Å²) in [5.41, 5.74) is 0. The minimum atomic E-state index is -0.361. The molecule has 1 saturated heterocycles. The van der Waals surface area contributed by atoms with Gasteiger partial charge in [-0.1, -0.05) is 143 Å². The van der Waals surface area contributed by atoms with Crippen molar-refractivity contribution in [2.45, 2.75) is 226 Å². The van der Waals surface area contributed by atoms with Crippen LogP contribution in [0.4, 0.5) is 0 Å². The Morgan fingerprint density at radius 3 is 1.19 bits per heavy atom. The molecule has 0 amide bonds. The minimum absolute atomic E-state index is 0.138. The molecule has 1 fully saturated rings. The third-order valence-electron chi connectivity index (χ3n) is 12.5. The van der Waals surface area contributed by atoms with Crippen LogP contribution >= 0.6 is 0 Å². The Labute approximate surface area is 416 Å². The number of carbonyl (C=O) groups is 3. The van der Waals surface area contributed by atoms with E-state index in [2.05, 4.69) is 37.5 Å². The van der Waals surface area contributed by atoms with Crippen LogP contribution in [0.2, 0.25) is 0 Å². The number of unbranched alkanes of at least 4 members (excludes halogenated alkanes) is 20. The fourth-order valence-corrected chi connectivity index (χ4v) is 8.15. The van der Waals surface area contributed by atoms with Crippen molar-refractivity contribution in [2.75, 3.05) is 112 Å². The first-order valence-electron chi connectivity index (χ1n) is 28.3. The van der Waals surface area contributed by atoms with Crippen LogP contribution in [0.1, 0.15) is 214 Å². The highest BCUT2D eigenvalue weighted by Crippen LogP contribution is 2.13. The predicted molar refractivity (Wildman–Crippen MR) is 274 cm³/mol. The number of hydrogen-bond donors (Lipinski definition) is 0. The fourth-order valence-electron chi connectivity index (χ4n) is 8.15. The Morgan fingerprint density at radius 1 is 0.426 bits per heavy atom. The summed E-state index contributed by atoms with van der Waals surface area (Å²) >= 11 is 0. The molecule has 13 heteroatoms. The van der Waals surface area contributed by atoms with Crippen LogP contribution in [0.5, 0.6) is 0 Å². The summed E-state index contributed by atoms with van der Waals surface area (Å²) in [6, 6.07) is 0. The molecule has 402 valence electrons. The van der Waals surface area contributed by atoms with Crippen LogP contribution < -0.4 is 0 Å². The van der Waals surface area contributed by atoms with Gasteiger partial charge in [0.05, 0.1) is 46.1 Å². The molecule has 1 aliphatic rings. The SMILES string of the molecule is CCCCCCOCC(COCCCCCC)OC(=O)CCCCCCCN(CCCCCCCC(=O)OC(COCCCCCC)COCCCCCC)CCC(=O)OCCN1CCOCC1. The minimum Gasteiger partial charge on any atom is -0.464 e. The first kappa shape index (κ1) is 64.1. The summed E-state index contributed by atoms with van der Waals surface area (Å²) in [4.78, 5) is 43.1. The predicted octanol–water partition coefficient (Wildman–Crippen LogP) is 11.4. The van der Waals surface area contributed by atoms with Crippen molar-refractivity contribution in [3.8, 4) is 0 Å². The summed E-state index contributed by atoms with van der Waals surface area (Å²) in [5.74, 6) is -0.474. The van der Waals surface area contributed by atoms with E-state index in [1.807, 2.05) is 0 Å². The van der Waals surface area contributed by atoms with Crippen molar-refractivity contribution in [2.24, 2.45) is 0 Å². The lowest BCUT2D eigenvalue weighted by molar-refractivity contribution is -0.157. The molecule has 0 aromatic carbocycles. The van der Waals surface area contributed by atoms with Gasteiger partial charge < -0.3 is 42.8 Å². The number of ether oxygens (including phenoxy) is 8. The lowest BCUT2D eigenvalue weighted by Gasteiger charge is -2.26. The molecule has 0 saturated carbocycles. The topological polar surface area (TPSA) is 132 Å². The van der Waals surface area contributed by atoms with Crippen molar-refractivity contribution in [1.82, 2.24) is 9.80 Å². The molecule has 0 aromatic heterocycles. The maximum absolute atomic E-state index is 12.8. The summed E-state index contributed by atoms with van der Waals surface area (Å²) in [5, 5.41) is 0. The van der Waals surface area contributed by atoms with Crippen LogP contribution in [0.3, 0.4) is 0 Å². The molecule has 0 unspecified atom stereocenters. The van der Waals surface area contributed by atoms with E-state index in [4.69, 9.17) is 37.9 Å². The van der Waals surface area contributed by atoms with Gasteiger partial charge in [0.25, 0.3) is 0 Å². The molecule has 13 nitrogen and oxygen atoms in total. The monoisotopic (exact) mass is 971 g/mol. The molecule has 0 bridgehead atoms. The Bertz CT molecular complexity index is 1020. The number of nitrogens with zero attached hydrogens (tertiary/aromatic N) is 2. The number of morpholine rings is 1. The van der Waals surface area contributed by atoms with E-state index in [0.717, 1.165) is 162 Å². The summed E-state index contributed by atoms with van der Waals surface area (Å²) in [7, 11) is 0. The second-order valence-electron chi connectivity index (χ2n) is 19.1. The Morgan fingerprint density at radius 2 is 0.794 bits per heavy atom.